The molecule has 0 atom stereocenters. The number of rotatable bonds is 8. The number of carbonyl (C=O) groups is 1. The predicted molar refractivity (Wildman–Crippen MR) is 172 cm³/mol. The van der Waals surface area contributed by atoms with Gasteiger partial charge in [0.1, 0.15) is 5.71 Å². The van der Waals surface area contributed by atoms with E-state index in [2.05, 4.69) is 107 Å². The fraction of sp³-hybridized carbons (Fsp3) is 0.371. The summed E-state index contributed by atoms with van der Waals surface area (Å²) < 4.78 is 0. The van der Waals surface area contributed by atoms with E-state index >= 15 is 0 Å². The van der Waals surface area contributed by atoms with Gasteiger partial charge in [-0.05, 0) is 102 Å². The summed E-state index contributed by atoms with van der Waals surface area (Å²) >= 11 is 0. The minimum atomic E-state index is -0.529. The highest BCUT2D eigenvalue weighted by Gasteiger charge is 2.04. The van der Waals surface area contributed by atoms with E-state index in [-0.39, 0.29) is 5.71 Å². The maximum atomic E-state index is 10.8. The molecule has 1 heterocycles. The number of carbonyl (C=O) groups excluding carboxylic acids is 1. The second-order valence-corrected chi connectivity index (χ2v) is 10.6. The van der Waals surface area contributed by atoms with Crippen LogP contribution in [-0.2, 0) is 17.6 Å². The van der Waals surface area contributed by atoms with Gasteiger partial charge < -0.3 is 10.7 Å². The summed E-state index contributed by atoms with van der Waals surface area (Å²) in [6.07, 6.45) is 10.8. The number of amides is 1. The number of primary amides is 1. The fourth-order valence-corrected chi connectivity index (χ4v) is 4.01. The molecule has 3 rings (SSSR count). The van der Waals surface area contributed by atoms with Crippen molar-refractivity contribution in [1.82, 2.24) is 4.98 Å². The first-order chi connectivity index (χ1) is 18.4. The van der Waals surface area contributed by atoms with Crippen LogP contribution in [0.15, 0.2) is 77.1 Å². The summed E-state index contributed by atoms with van der Waals surface area (Å²) in [7, 11) is 0. The van der Waals surface area contributed by atoms with Crippen LogP contribution in [0.5, 0.6) is 0 Å². The molecule has 3 N–H and O–H groups in total. The van der Waals surface area contributed by atoms with Crippen molar-refractivity contribution in [3.63, 3.8) is 0 Å². The monoisotopic (exact) mass is 527 g/mol. The summed E-state index contributed by atoms with van der Waals surface area (Å²) in [4.78, 5) is 18.0. The van der Waals surface area contributed by atoms with Gasteiger partial charge in [0.15, 0.2) is 0 Å². The summed E-state index contributed by atoms with van der Waals surface area (Å²) in [5, 5.41) is 1.42. The van der Waals surface area contributed by atoms with E-state index in [1.165, 1.54) is 70.0 Å². The van der Waals surface area contributed by atoms with Gasteiger partial charge in [-0.2, -0.15) is 0 Å². The lowest BCUT2D eigenvalue weighted by Gasteiger charge is -2.02. The molecule has 0 bridgehead atoms. The van der Waals surface area contributed by atoms with Gasteiger partial charge >= 0.3 is 0 Å². The number of hydrogen-bond donors (Lipinski definition) is 2. The Hall–Kier alpha value is -3.66. The Labute approximate surface area is 236 Å². The Morgan fingerprint density at radius 2 is 1.62 bits per heavy atom. The molecule has 0 fully saturated rings. The number of benzene rings is 2. The maximum absolute atomic E-state index is 10.8. The van der Waals surface area contributed by atoms with E-state index in [1.54, 1.807) is 13.0 Å². The Morgan fingerprint density at radius 3 is 2.15 bits per heavy atom. The molecule has 0 spiro atoms. The largest absolute Gasteiger partial charge is 0.364 e. The van der Waals surface area contributed by atoms with Gasteiger partial charge in [0.2, 0.25) is 0 Å². The molecule has 210 valence electrons. The van der Waals surface area contributed by atoms with Crippen LogP contribution < -0.4 is 5.73 Å². The molecule has 3 aromatic rings. The normalized spacial score (nSPS) is 10.5. The van der Waals surface area contributed by atoms with Crippen LogP contribution in [0.25, 0.3) is 17.0 Å². The molecule has 1 amide bonds. The second kappa shape index (κ2) is 17.0. The van der Waals surface area contributed by atoms with Crippen LogP contribution in [0.3, 0.4) is 0 Å². The van der Waals surface area contributed by atoms with Crippen molar-refractivity contribution in [1.29, 1.82) is 0 Å². The zero-order valence-electron chi connectivity index (χ0n) is 25.7. The van der Waals surface area contributed by atoms with Crippen molar-refractivity contribution in [2.45, 2.75) is 88.0 Å². The highest BCUT2D eigenvalue weighted by atomic mass is 16.1. The van der Waals surface area contributed by atoms with Crippen molar-refractivity contribution < 1.29 is 4.79 Å². The summed E-state index contributed by atoms with van der Waals surface area (Å²) in [5.74, 6) is -0.529. The number of nitrogens with one attached hydrogen (secondary N) is 1. The van der Waals surface area contributed by atoms with E-state index in [4.69, 9.17) is 5.73 Å². The minimum absolute atomic E-state index is 0.252. The van der Waals surface area contributed by atoms with Gasteiger partial charge in [0.25, 0.3) is 5.91 Å². The number of aliphatic imine (C=N–C) groups is 1. The molecule has 2 aromatic carbocycles. The third kappa shape index (κ3) is 12.6. The second-order valence-electron chi connectivity index (χ2n) is 10.6. The predicted octanol–water partition coefficient (Wildman–Crippen LogP) is 9.21. The first-order valence-electron chi connectivity index (χ1n) is 13.9. The van der Waals surface area contributed by atoms with Gasteiger partial charge in [-0.25, -0.2) is 4.99 Å². The average molecular weight is 528 g/mol. The van der Waals surface area contributed by atoms with Crippen LogP contribution in [0.1, 0.15) is 89.1 Å². The number of nitrogens with two attached hydrogens (primary N) is 1. The van der Waals surface area contributed by atoms with Gasteiger partial charge in [0.05, 0.1) is 0 Å². The maximum Gasteiger partial charge on any atom is 0.267 e. The third-order valence-corrected chi connectivity index (χ3v) is 5.76. The Balaban J connectivity index is 0.000000296. The molecule has 0 unspecified atom stereocenters. The number of aryl methyl sites for hydroxylation is 4. The minimum Gasteiger partial charge on any atom is -0.364 e. The molecule has 0 aliphatic heterocycles. The molecule has 0 aliphatic rings. The highest BCUT2D eigenvalue weighted by Crippen LogP contribution is 2.21. The number of allylic oxidation sites excluding steroid dienone is 3. The zero-order valence-corrected chi connectivity index (χ0v) is 25.7. The summed E-state index contributed by atoms with van der Waals surface area (Å²) in [6.45, 7) is 22.0. The number of nitrogens with zero attached hydrogens (tertiary/aromatic N) is 1. The summed E-state index contributed by atoms with van der Waals surface area (Å²) in [5.41, 5.74) is 16.5. The average Bonchev–Trinajstić information content (AvgIpc) is 3.23. The molecule has 0 radical (unpaired) electrons. The lowest BCUT2D eigenvalue weighted by atomic mass is 10.0. The van der Waals surface area contributed by atoms with Crippen molar-refractivity contribution in [2.24, 2.45) is 10.7 Å². The number of fused-ring (bicyclic) bond motifs is 1. The van der Waals surface area contributed by atoms with Crippen molar-refractivity contribution in [2.75, 3.05) is 0 Å². The smallest absolute Gasteiger partial charge is 0.267 e. The molecule has 4 nitrogen and oxygen atoms in total. The van der Waals surface area contributed by atoms with Gasteiger partial charge in [-0.1, -0.05) is 80.3 Å². The number of aromatic nitrogens is 1. The topological polar surface area (TPSA) is 71.2 Å². The third-order valence-electron chi connectivity index (χ3n) is 5.76. The van der Waals surface area contributed by atoms with Crippen LogP contribution in [0.2, 0.25) is 0 Å². The van der Waals surface area contributed by atoms with Crippen LogP contribution in [-0.4, -0.2) is 16.6 Å². The Bertz CT molecular complexity index is 1330. The van der Waals surface area contributed by atoms with E-state index in [1.807, 2.05) is 13.8 Å². The van der Waals surface area contributed by atoms with Crippen molar-refractivity contribution in [3.05, 3.63) is 99.9 Å². The van der Waals surface area contributed by atoms with E-state index in [0.717, 1.165) is 5.57 Å². The Kier molecular flexibility index (Phi) is 14.6. The van der Waals surface area contributed by atoms with Gasteiger partial charge in [-0.3, -0.25) is 4.79 Å². The SMILES string of the molecule is C=C(C)N=C(C=C(C)C)C(N)=O.CC(C)=Cc1cc(C)ccc1C.CCCc1ccc2[nH]cc(CCC)c2c1. The highest BCUT2D eigenvalue weighted by molar-refractivity contribution is 6.43. The molecule has 39 heavy (non-hydrogen) atoms. The van der Waals surface area contributed by atoms with Crippen LogP contribution in [0.4, 0.5) is 0 Å². The number of hydrogen-bond acceptors (Lipinski definition) is 2. The summed E-state index contributed by atoms with van der Waals surface area (Å²) in [6, 6.07) is 13.3. The molecular formula is C35H49N3O. The van der Waals surface area contributed by atoms with Crippen LogP contribution >= 0.6 is 0 Å². The lowest BCUT2D eigenvalue weighted by Crippen LogP contribution is -2.21. The fourth-order valence-electron chi connectivity index (χ4n) is 4.01. The molecule has 0 saturated carbocycles. The van der Waals surface area contributed by atoms with E-state index in [0.29, 0.717) is 5.70 Å². The van der Waals surface area contributed by atoms with Crippen molar-refractivity contribution >= 4 is 28.6 Å². The van der Waals surface area contributed by atoms with Crippen LogP contribution in [0, 0.1) is 13.8 Å². The zero-order chi connectivity index (χ0) is 29.5. The number of aromatic amines is 1. The van der Waals surface area contributed by atoms with Crippen molar-refractivity contribution in [3.8, 4) is 0 Å². The first-order valence-corrected chi connectivity index (χ1v) is 13.9. The number of H-pyrrole nitrogens is 1. The van der Waals surface area contributed by atoms with Gasteiger partial charge in [0, 0.05) is 22.8 Å². The molecule has 4 heteroatoms. The van der Waals surface area contributed by atoms with Gasteiger partial charge in [-0.15, -0.1) is 0 Å². The first kappa shape index (κ1) is 33.4. The molecular weight excluding hydrogens is 478 g/mol. The van der Waals surface area contributed by atoms with E-state index < -0.39 is 5.91 Å². The lowest BCUT2D eigenvalue weighted by molar-refractivity contribution is -0.111. The Morgan fingerprint density at radius 1 is 0.949 bits per heavy atom. The molecule has 0 saturated heterocycles. The molecule has 0 aliphatic carbocycles. The van der Waals surface area contributed by atoms with E-state index in [9.17, 15) is 4.79 Å². The molecule has 1 aromatic heterocycles. The standard InChI is InChI=1S/C14H19N.C12H16.C9H14N2O/c1-3-5-11-7-8-14-13(9-11)12(6-4-2)10-15-14;1-9(2)7-12-8-10(3)5-6-11(12)4;1-6(2)5-8(9(10)12)11-7(3)4/h7-10,15H,3-6H2,1-2H3;5-8H,1-4H3;5H,3H2,1-2,4H3,(H2,10,12). The quantitative estimate of drug-likeness (QED) is 0.282.